The fourth-order valence-electron chi connectivity index (χ4n) is 0.909. The molecule has 1 aromatic carbocycles. The van der Waals surface area contributed by atoms with E-state index < -0.39 is 0 Å². The number of hydrogen-bond acceptors (Lipinski definition) is 2. The van der Waals surface area contributed by atoms with Crippen molar-refractivity contribution in [3.05, 3.63) is 36.4 Å². The first-order valence-electron chi connectivity index (χ1n) is 5.67. The Kier molecular flexibility index (Phi) is 11.1. The van der Waals surface area contributed by atoms with Crippen LogP contribution in [0.4, 0.5) is 5.69 Å². The highest BCUT2D eigenvalue weighted by molar-refractivity contribution is 5.73. The summed E-state index contributed by atoms with van der Waals surface area (Å²) >= 11 is 0. The molecule has 0 atom stereocenters. The molecular weight excluding hydrogens is 210 g/mol. The number of hydrogen-bond donors (Lipinski definition) is 2. The van der Waals surface area contributed by atoms with E-state index in [0.29, 0.717) is 0 Å². The van der Waals surface area contributed by atoms with Crippen molar-refractivity contribution in [1.82, 2.24) is 0 Å². The second-order valence-corrected chi connectivity index (χ2v) is 3.37. The average Bonchev–Trinajstić information content (AvgIpc) is 2.31. The van der Waals surface area contributed by atoms with Crippen LogP contribution in [-0.4, -0.2) is 19.9 Å². The van der Waals surface area contributed by atoms with Gasteiger partial charge in [-0.05, 0) is 24.6 Å². The van der Waals surface area contributed by atoms with Crippen LogP contribution in [0.25, 0.3) is 6.08 Å². The van der Waals surface area contributed by atoms with E-state index in [0.717, 1.165) is 5.56 Å². The Morgan fingerprint density at radius 2 is 1.59 bits per heavy atom. The van der Waals surface area contributed by atoms with Crippen molar-refractivity contribution >= 4 is 17.6 Å². The lowest BCUT2D eigenvalue weighted by molar-refractivity contribution is 1.13. The van der Waals surface area contributed by atoms with Gasteiger partial charge < -0.3 is 10.6 Å². The molecule has 0 aliphatic carbocycles. The van der Waals surface area contributed by atoms with E-state index in [1.165, 1.54) is 12.6 Å². The van der Waals surface area contributed by atoms with Crippen LogP contribution < -0.4 is 10.6 Å². The maximum atomic E-state index is 6.28. The van der Waals surface area contributed by atoms with Gasteiger partial charge in [-0.25, -0.2) is 0 Å². The molecule has 3 nitrogen and oxygen atoms in total. The van der Waals surface area contributed by atoms with Crippen LogP contribution in [0.3, 0.4) is 0 Å². The fraction of sp³-hybridized carbons (Fsp3) is 0.357. The maximum Gasteiger partial charge on any atom is 0.0873 e. The predicted molar refractivity (Wildman–Crippen MR) is 79.8 cm³/mol. The van der Waals surface area contributed by atoms with Gasteiger partial charge in [0.1, 0.15) is 0 Å². The molecule has 0 unspecified atom stereocenters. The molecule has 96 valence electrons. The van der Waals surface area contributed by atoms with Gasteiger partial charge in [-0.2, -0.15) is 0 Å². The van der Waals surface area contributed by atoms with Crippen LogP contribution in [0, 0.1) is 5.41 Å². The average molecular weight is 235 g/mol. The molecule has 3 N–H and O–H groups in total. The first-order chi connectivity index (χ1) is 7.97. The van der Waals surface area contributed by atoms with Gasteiger partial charge in [0.15, 0.2) is 0 Å². The number of benzene rings is 1. The van der Waals surface area contributed by atoms with Gasteiger partial charge in [0.05, 0.1) is 5.84 Å². The quantitative estimate of drug-likeness (QED) is 0.610. The second-order valence-electron chi connectivity index (χ2n) is 3.37. The van der Waals surface area contributed by atoms with E-state index in [-0.39, 0.29) is 5.84 Å². The van der Waals surface area contributed by atoms with Crippen LogP contribution in [-0.2, 0) is 0 Å². The van der Waals surface area contributed by atoms with E-state index in [9.17, 15) is 0 Å². The lowest BCUT2D eigenvalue weighted by Gasteiger charge is -2.11. The molecule has 0 radical (unpaired) electrons. The van der Waals surface area contributed by atoms with E-state index in [1.807, 2.05) is 34.0 Å². The third-order valence-electron chi connectivity index (χ3n) is 1.65. The molecular formula is C14H25N3. The van der Waals surface area contributed by atoms with Gasteiger partial charge >= 0.3 is 0 Å². The Balaban J connectivity index is 0. The summed E-state index contributed by atoms with van der Waals surface area (Å²) in [5.41, 5.74) is 7.08. The van der Waals surface area contributed by atoms with Gasteiger partial charge in [-0.3, -0.25) is 5.41 Å². The van der Waals surface area contributed by atoms with Crippen molar-refractivity contribution in [2.75, 3.05) is 19.0 Å². The molecule has 17 heavy (non-hydrogen) atoms. The van der Waals surface area contributed by atoms with Gasteiger partial charge in [0.25, 0.3) is 0 Å². The third kappa shape index (κ3) is 10.5. The lowest BCUT2D eigenvalue weighted by Crippen LogP contribution is -2.07. The first-order valence-corrected chi connectivity index (χ1v) is 5.67. The maximum absolute atomic E-state index is 6.28. The van der Waals surface area contributed by atoms with Gasteiger partial charge in [0, 0.05) is 19.8 Å². The number of rotatable bonds is 2. The molecule has 0 spiro atoms. The zero-order valence-electron chi connectivity index (χ0n) is 11.6. The second kappa shape index (κ2) is 10.7. The molecule has 3 heteroatoms. The molecule has 1 rings (SSSR count). The van der Waals surface area contributed by atoms with Crippen molar-refractivity contribution < 1.29 is 0 Å². The topological polar surface area (TPSA) is 53.1 Å². The van der Waals surface area contributed by atoms with Crippen molar-refractivity contribution in [1.29, 1.82) is 5.41 Å². The molecule has 1 aromatic rings. The van der Waals surface area contributed by atoms with E-state index in [2.05, 4.69) is 35.7 Å². The minimum atomic E-state index is 0.167. The standard InChI is InChI=1S/C10H13N.C2H6N2.C2H6/c1-4-9-5-7-10(8-6-9)11(2)3;1-2(3)4;1-2/h4-8H,1H2,2-3H3;1H3,(H3,3,4);1-2H3. The molecule has 0 aromatic heterocycles. The zero-order chi connectivity index (χ0) is 13.8. The smallest absolute Gasteiger partial charge is 0.0873 e. The van der Waals surface area contributed by atoms with Gasteiger partial charge in [0.2, 0.25) is 0 Å². The Hall–Kier alpha value is -1.77. The third-order valence-corrected chi connectivity index (χ3v) is 1.65. The molecule has 0 saturated heterocycles. The SMILES string of the molecule is C=Cc1ccc(N(C)C)cc1.CC.CC(=N)N. The summed E-state index contributed by atoms with van der Waals surface area (Å²) in [7, 11) is 4.06. The van der Waals surface area contributed by atoms with Crippen molar-refractivity contribution in [2.24, 2.45) is 5.73 Å². The summed E-state index contributed by atoms with van der Waals surface area (Å²) in [6.45, 7) is 9.22. The van der Waals surface area contributed by atoms with Crippen LogP contribution in [0.1, 0.15) is 26.3 Å². The Morgan fingerprint density at radius 1 is 1.24 bits per heavy atom. The highest BCUT2D eigenvalue weighted by Gasteiger charge is 1.91. The Bertz CT molecular complexity index is 309. The molecule has 0 amide bonds. The van der Waals surface area contributed by atoms with Crippen molar-refractivity contribution in [3.8, 4) is 0 Å². The lowest BCUT2D eigenvalue weighted by atomic mass is 10.2. The van der Waals surface area contributed by atoms with Crippen LogP contribution >= 0.6 is 0 Å². The summed E-state index contributed by atoms with van der Waals surface area (Å²) in [4.78, 5) is 2.08. The summed E-state index contributed by atoms with van der Waals surface area (Å²) in [6, 6.07) is 8.28. The molecule has 0 heterocycles. The molecule has 0 saturated carbocycles. The zero-order valence-corrected chi connectivity index (χ0v) is 11.6. The molecule has 0 bridgehead atoms. The number of nitrogens with one attached hydrogen (secondary N) is 1. The Labute approximate surface area is 105 Å². The van der Waals surface area contributed by atoms with E-state index in [4.69, 9.17) is 11.1 Å². The largest absolute Gasteiger partial charge is 0.388 e. The van der Waals surface area contributed by atoms with Crippen LogP contribution in [0.15, 0.2) is 30.8 Å². The predicted octanol–water partition coefficient (Wildman–Crippen LogP) is 3.36. The van der Waals surface area contributed by atoms with Gasteiger partial charge in [-0.15, -0.1) is 0 Å². The van der Waals surface area contributed by atoms with Crippen LogP contribution in [0.5, 0.6) is 0 Å². The monoisotopic (exact) mass is 235 g/mol. The van der Waals surface area contributed by atoms with E-state index >= 15 is 0 Å². The summed E-state index contributed by atoms with van der Waals surface area (Å²) in [6.07, 6.45) is 1.85. The van der Waals surface area contributed by atoms with Crippen molar-refractivity contribution in [3.63, 3.8) is 0 Å². The highest BCUT2D eigenvalue weighted by atomic mass is 15.1. The molecule has 0 fully saturated rings. The van der Waals surface area contributed by atoms with Crippen LogP contribution in [0.2, 0.25) is 0 Å². The summed E-state index contributed by atoms with van der Waals surface area (Å²) < 4.78 is 0. The number of amidine groups is 1. The van der Waals surface area contributed by atoms with Gasteiger partial charge in [-0.1, -0.05) is 38.6 Å². The molecule has 0 aliphatic rings. The number of nitrogens with zero attached hydrogens (tertiary/aromatic N) is 1. The fourth-order valence-corrected chi connectivity index (χ4v) is 0.909. The van der Waals surface area contributed by atoms with E-state index in [1.54, 1.807) is 0 Å². The first kappa shape index (κ1) is 17.6. The minimum absolute atomic E-state index is 0.167. The minimum Gasteiger partial charge on any atom is -0.388 e. The Morgan fingerprint density at radius 3 is 1.82 bits per heavy atom. The normalized spacial score (nSPS) is 7.82. The summed E-state index contributed by atoms with van der Waals surface area (Å²) in [5, 5.41) is 6.28. The van der Waals surface area contributed by atoms with Crippen molar-refractivity contribution in [2.45, 2.75) is 20.8 Å². The summed E-state index contributed by atoms with van der Waals surface area (Å²) in [5.74, 6) is 0.167. The molecule has 0 aliphatic heterocycles. The highest BCUT2D eigenvalue weighted by Crippen LogP contribution is 2.12. The number of nitrogens with two attached hydrogens (primary N) is 1. The number of anilines is 1.